The molecule has 0 saturated carbocycles. The van der Waals surface area contributed by atoms with Gasteiger partial charge in [0.2, 0.25) is 0 Å². The van der Waals surface area contributed by atoms with Crippen molar-refractivity contribution in [2.24, 2.45) is 5.92 Å². The van der Waals surface area contributed by atoms with Crippen molar-refractivity contribution in [1.29, 1.82) is 0 Å². The van der Waals surface area contributed by atoms with Crippen LogP contribution in [0.2, 0.25) is 0 Å². The minimum atomic E-state index is -3.96. The number of ketones is 1. The molecular weight excluding hydrogens is 474 g/mol. The summed E-state index contributed by atoms with van der Waals surface area (Å²) in [5.41, 5.74) is 5.45. The molecular formula is C25H26NO6S2+. The lowest BCUT2D eigenvalue weighted by atomic mass is 9.99. The quantitative estimate of drug-likeness (QED) is 0.449. The van der Waals surface area contributed by atoms with Gasteiger partial charge in [0.15, 0.2) is 25.5 Å². The van der Waals surface area contributed by atoms with E-state index in [2.05, 4.69) is 5.73 Å². The fourth-order valence-electron chi connectivity index (χ4n) is 3.47. The smallest absolute Gasteiger partial charge is 0.294 e. The Morgan fingerprint density at radius 1 is 0.647 bits per heavy atom. The number of carbonyl (C=O) groups excluding carboxylic acids is 2. The molecule has 3 rings (SSSR count). The van der Waals surface area contributed by atoms with Crippen molar-refractivity contribution in [2.75, 3.05) is 11.5 Å². The first-order valence-corrected chi connectivity index (χ1v) is 13.8. The lowest BCUT2D eigenvalue weighted by Gasteiger charge is -2.17. The maximum absolute atomic E-state index is 13.3. The van der Waals surface area contributed by atoms with E-state index >= 15 is 0 Å². The number of benzene rings is 3. The van der Waals surface area contributed by atoms with Crippen LogP contribution in [0.5, 0.6) is 0 Å². The Labute approximate surface area is 199 Å². The van der Waals surface area contributed by atoms with E-state index in [9.17, 15) is 26.4 Å². The lowest BCUT2D eigenvalue weighted by molar-refractivity contribution is -0.255. The minimum absolute atomic E-state index is 0.0154. The van der Waals surface area contributed by atoms with Crippen LogP contribution in [0.25, 0.3) is 0 Å². The van der Waals surface area contributed by atoms with Gasteiger partial charge in [0.05, 0.1) is 32.8 Å². The molecule has 0 fully saturated rings. The third-order valence-electron chi connectivity index (χ3n) is 5.46. The van der Waals surface area contributed by atoms with Crippen LogP contribution in [0.4, 0.5) is 0 Å². The average Bonchev–Trinajstić information content (AvgIpc) is 2.78. The first kappa shape index (κ1) is 25.5. The zero-order chi connectivity index (χ0) is 25.1. The molecule has 0 saturated heterocycles. The summed E-state index contributed by atoms with van der Waals surface area (Å²) in [7, 11) is -7.92. The lowest BCUT2D eigenvalue weighted by Crippen LogP contribution is -2.56. The van der Waals surface area contributed by atoms with Crippen molar-refractivity contribution in [3.8, 4) is 0 Å². The monoisotopic (exact) mass is 500 g/mol. The molecule has 9 heteroatoms. The Bertz CT molecular complexity index is 1330. The van der Waals surface area contributed by atoms with Crippen LogP contribution in [0, 0.1) is 19.8 Å². The number of sulfone groups is 2. The van der Waals surface area contributed by atoms with Crippen molar-refractivity contribution in [3.05, 3.63) is 95.1 Å². The van der Waals surface area contributed by atoms with Gasteiger partial charge in [-0.25, -0.2) is 21.6 Å². The van der Waals surface area contributed by atoms with Gasteiger partial charge in [0.1, 0.15) is 0 Å². The summed E-state index contributed by atoms with van der Waals surface area (Å²) in [5.74, 6) is -3.75. The maximum atomic E-state index is 13.3. The van der Waals surface area contributed by atoms with Gasteiger partial charge < -0.3 is 0 Å². The van der Waals surface area contributed by atoms with Crippen LogP contribution >= 0.6 is 0 Å². The highest BCUT2D eigenvalue weighted by atomic mass is 32.2. The summed E-state index contributed by atoms with van der Waals surface area (Å²) < 4.78 is 52.4. The van der Waals surface area contributed by atoms with Crippen LogP contribution in [0.3, 0.4) is 0 Å². The molecule has 0 aliphatic heterocycles. The van der Waals surface area contributed by atoms with E-state index in [0.717, 1.165) is 11.1 Å². The molecule has 1 amide bonds. The summed E-state index contributed by atoms with van der Waals surface area (Å²) in [6, 6.07) is 17.9. The molecule has 0 spiro atoms. The van der Waals surface area contributed by atoms with Crippen LogP contribution < -0.4 is 5.73 Å². The topological polar surface area (TPSA) is 130 Å². The standard InChI is InChI=1S/C25H25NO6S2/c1-17-3-11-22(12-4-17)33(29,30)15-21(16-34(31,32)23-13-5-18(2)6-14-23)24(27)19-7-9-20(10-8-19)25(26)28/h3-14,21H,15-16H2,1-2H3,(H2,26,28)/p+1. The molecule has 0 atom stereocenters. The Hall–Kier alpha value is -3.14. The number of carbonyl (C=O) groups is 2. The Morgan fingerprint density at radius 3 is 1.35 bits per heavy atom. The van der Waals surface area contributed by atoms with E-state index in [1.807, 2.05) is 13.8 Å². The Balaban J connectivity index is 1.99. The molecule has 0 unspecified atom stereocenters. The predicted octanol–water partition coefficient (Wildman–Crippen LogP) is 2.43. The zero-order valence-electron chi connectivity index (χ0n) is 18.9. The van der Waals surface area contributed by atoms with E-state index < -0.39 is 48.8 Å². The Morgan fingerprint density at radius 2 is 1.00 bits per heavy atom. The fourth-order valence-corrected chi connectivity index (χ4v) is 6.70. The number of quaternary nitrogens is 1. The van der Waals surface area contributed by atoms with Crippen molar-refractivity contribution < 1.29 is 32.2 Å². The molecule has 3 N–H and O–H groups in total. The van der Waals surface area contributed by atoms with Crippen molar-refractivity contribution in [3.63, 3.8) is 0 Å². The number of Topliss-reactive ketones (excluding diaryl/α,β-unsaturated/α-hetero) is 1. The van der Waals surface area contributed by atoms with E-state index in [1.165, 1.54) is 48.5 Å². The largest absolute Gasteiger partial charge is 0.340 e. The van der Waals surface area contributed by atoms with Crippen LogP contribution in [-0.4, -0.2) is 40.0 Å². The molecule has 3 aromatic carbocycles. The van der Waals surface area contributed by atoms with Gasteiger partial charge >= 0.3 is 5.91 Å². The second-order valence-corrected chi connectivity index (χ2v) is 12.3. The van der Waals surface area contributed by atoms with Crippen molar-refractivity contribution in [2.45, 2.75) is 23.6 Å². The van der Waals surface area contributed by atoms with Gasteiger partial charge in [-0.15, -0.1) is 0 Å². The summed E-state index contributed by atoms with van der Waals surface area (Å²) in [6.45, 7) is 3.63. The highest BCUT2D eigenvalue weighted by Gasteiger charge is 2.32. The number of amides is 1. The second-order valence-electron chi connectivity index (χ2n) is 8.25. The summed E-state index contributed by atoms with van der Waals surface area (Å²) >= 11 is 0. The molecule has 0 bridgehead atoms. The minimum Gasteiger partial charge on any atom is -0.294 e. The Kier molecular flexibility index (Phi) is 7.50. The number of aryl methyl sites for hydroxylation is 2. The van der Waals surface area contributed by atoms with Crippen molar-refractivity contribution in [1.82, 2.24) is 0 Å². The van der Waals surface area contributed by atoms with Gasteiger partial charge in [0, 0.05) is 5.56 Å². The zero-order valence-corrected chi connectivity index (χ0v) is 20.5. The predicted molar refractivity (Wildman–Crippen MR) is 128 cm³/mol. The third-order valence-corrected chi connectivity index (χ3v) is 9.13. The number of hydrogen-bond donors (Lipinski definition) is 1. The molecule has 0 heterocycles. The number of rotatable bonds is 9. The van der Waals surface area contributed by atoms with Gasteiger partial charge in [-0.2, -0.15) is 0 Å². The average molecular weight is 501 g/mol. The summed E-state index contributed by atoms with van der Waals surface area (Å²) in [5, 5.41) is 0. The van der Waals surface area contributed by atoms with E-state index in [1.54, 1.807) is 24.3 Å². The van der Waals surface area contributed by atoms with Crippen LogP contribution in [0.1, 0.15) is 31.8 Å². The molecule has 34 heavy (non-hydrogen) atoms. The number of hydrogen-bond acceptors (Lipinski definition) is 6. The highest BCUT2D eigenvalue weighted by Crippen LogP contribution is 2.23. The molecule has 7 nitrogen and oxygen atoms in total. The molecule has 0 aliphatic rings. The van der Waals surface area contributed by atoms with Gasteiger partial charge in [-0.05, 0) is 50.2 Å². The third kappa shape index (κ3) is 6.05. The van der Waals surface area contributed by atoms with Gasteiger partial charge in [0.25, 0.3) is 0 Å². The van der Waals surface area contributed by atoms with E-state index in [-0.39, 0.29) is 20.9 Å². The maximum Gasteiger partial charge on any atom is 0.340 e. The van der Waals surface area contributed by atoms with Crippen LogP contribution in [-0.2, 0) is 19.7 Å². The van der Waals surface area contributed by atoms with E-state index in [4.69, 9.17) is 0 Å². The molecule has 0 aromatic heterocycles. The van der Waals surface area contributed by atoms with Gasteiger partial charge in [-0.1, -0.05) is 47.5 Å². The summed E-state index contributed by atoms with van der Waals surface area (Å²) in [6.07, 6.45) is 0. The van der Waals surface area contributed by atoms with Gasteiger partial charge in [-0.3, -0.25) is 10.5 Å². The SMILES string of the molecule is Cc1ccc(S(=O)(=O)CC(CS(=O)(=O)c2ccc(C)cc2)C(=O)c2ccc(C([NH3+])=O)cc2)cc1. The summed E-state index contributed by atoms with van der Waals surface area (Å²) in [4.78, 5) is 24.8. The second kappa shape index (κ2) is 10.0. The molecule has 0 radical (unpaired) electrons. The molecule has 3 aromatic rings. The normalized spacial score (nSPS) is 12.0. The molecule has 0 aliphatic carbocycles. The van der Waals surface area contributed by atoms with Crippen LogP contribution in [0.15, 0.2) is 82.6 Å². The van der Waals surface area contributed by atoms with E-state index in [0.29, 0.717) is 0 Å². The highest BCUT2D eigenvalue weighted by molar-refractivity contribution is 7.92. The van der Waals surface area contributed by atoms with Crippen molar-refractivity contribution >= 4 is 31.4 Å². The fraction of sp³-hybridized carbons (Fsp3) is 0.200. The first-order chi connectivity index (χ1) is 15.9. The molecule has 178 valence electrons. The first-order valence-electron chi connectivity index (χ1n) is 10.5.